The second kappa shape index (κ2) is 6.51. The lowest BCUT2D eigenvalue weighted by molar-refractivity contribution is -0.00154. The van der Waals surface area contributed by atoms with Gasteiger partial charge < -0.3 is 19.1 Å². The van der Waals surface area contributed by atoms with Crippen molar-refractivity contribution in [3.8, 4) is 11.5 Å². The van der Waals surface area contributed by atoms with Crippen LogP contribution in [0.4, 0.5) is 4.79 Å². The zero-order valence-corrected chi connectivity index (χ0v) is 14.9. The number of nitrogens with zero attached hydrogens (tertiary/aromatic N) is 2. The second-order valence-electron chi connectivity index (χ2n) is 7.34. The van der Waals surface area contributed by atoms with Gasteiger partial charge in [0.15, 0.2) is 0 Å². The van der Waals surface area contributed by atoms with Crippen molar-refractivity contribution in [2.75, 3.05) is 33.4 Å². The van der Waals surface area contributed by atoms with Crippen molar-refractivity contribution in [3.63, 3.8) is 0 Å². The number of fused-ring (bicyclic) bond motifs is 2. The van der Waals surface area contributed by atoms with Crippen molar-refractivity contribution in [1.29, 1.82) is 0 Å². The molecule has 0 aromatic heterocycles. The van der Waals surface area contributed by atoms with Gasteiger partial charge in [-0.25, -0.2) is 4.79 Å². The van der Waals surface area contributed by atoms with E-state index in [9.17, 15) is 4.79 Å². The molecule has 0 bridgehead atoms. The van der Waals surface area contributed by atoms with Crippen LogP contribution in [0, 0.1) is 0 Å². The summed E-state index contributed by atoms with van der Waals surface area (Å²) < 4.78 is 16.8. The Labute approximate surface area is 143 Å². The van der Waals surface area contributed by atoms with Gasteiger partial charge in [-0.1, -0.05) is 0 Å². The van der Waals surface area contributed by atoms with Crippen molar-refractivity contribution in [3.05, 3.63) is 23.8 Å². The van der Waals surface area contributed by atoms with Crippen LogP contribution in [0.25, 0.3) is 0 Å². The smallest absolute Gasteiger partial charge is 0.410 e. The molecule has 6 heteroatoms. The molecule has 1 aromatic rings. The van der Waals surface area contributed by atoms with Crippen molar-refractivity contribution in [1.82, 2.24) is 9.80 Å². The van der Waals surface area contributed by atoms with Crippen LogP contribution in [0.3, 0.4) is 0 Å². The molecule has 0 aliphatic carbocycles. The third-order valence-corrected chi connectivity index (χ3v) is 4.33. The van der Waals surface area contributed by atoms with E-state index in [2.05, 4.69) is 4.90 Å². The van der Waals surface area contributed by atoms with E-state index in [1.807, 2.05) is 39.0 Å². The Kier molecular flexibility index (Phi) is 4.58. The molecule has 0 radical (unpaired) electrons. The predicted octanol–water partition coefficient (Wildman–Crippen LogP) is 2.51. The maximum Gasteiger partial charge on any atom is 0.410 e. The molecule has 1 fully saturated rings. The summed E-state index contributed by atoms with van der Waals surface area (Å²) in [5, 5.41) is 0. The van der Waals surface area contributed by atoms with Gasteiger partial charge in [-0.05, 0) is 39.0 Å². The Morgan fingerprint density at radius 1 is 1.29 bits per heavy atom. The summed E-state index contributed by atoms with van der Waals surface area (Å²) >= 11 is 0. The molecule has 1 atom stereocenters. The van der Waals surface area contributed by atoms with E-state index in [1.165, 1.54) is 0 Å². The van der Waals surface area contributed by atoms with Crippen molar-refractivity contribution in [2.45, 2.75) is 39.0 Å². The molecule has 2 heterocycles. The first-order chi connectivity index (χ1) is 11.4. The van der Waals surface area contributed by atoms with Gasteiger partial charge in [0.05, 0.1) is 13.2 Å². The lowest BCUT2D eigenvalue weighted by Gasteiger charge is -2.40. The average Bonchev–Trinajstić information content (AvgIpc) is 2.70. The van der Waals surface area contributed by atoms with Gasteiger partial charge in [0, 0.05) is 31.7 Å². The van der Waals surface area contributed by atoms with Gasteiger partial charge in [-0.2, -0.15) is 0 Å². The first kappa shape index (κ1) is 16.9. The van der Waals surface area contributed by atoms with E-state index >= 15 is 0 Å². The first-order valence-corrected chi connectivity index (χ1v) is 8.37. The number of methoxy groups -OCH3 is 1. The third-order valence-electron chi connectivity index (χ3n) is 4.33. The van der Waals surface area contributed by atoms with Crippen LogP contribution in [0.1, 0.15) is 26.3 Å². The minimum atomic E-state index is -0.471. The van der Waals surface area contributed by atoms with E-state index < -0.39 is 5.60 Å². The maximum atomic E-state index is 12.3. The molecule has 2 aliphatic heterocycles. The van der Waals surface area contributed by atoms with E-state index in [1.54, 1.807) is 12.0 Å². The second-order valence-corrected chi connectivity index (χ2v) is 7.34. The number of carbonyl (C=O) groups excluding carboxylic acids is 1. The minimum absolute atomic E-state index is 0.171. The number of piperazine rings is 1. The minimum Gasteiger partial charge on any atom is -0.497 e. The Morgan fingerprint density at radius 3 is 2.79 bits per heavy atom. The normalized spacial score (nSPS) is 21.2. The highest BCUT2D eigenvalue weighted by Crippen LogP contribution is 2.30. The molecule has 132 valence electrons. The molecule has 1 saturated heterocycles. The molecule has 0 saturated carbocycles. The van der Waals surface area contributed by atoms with E-state index in [0.29, 0.717) is 19.7 Å². The highest BCUT2D eigenvalue weighted by molar-refractivity contribution is 5.68. The quantitative estimate of drug-likeness (QED) is 0.790. The van der Waals surface area contributed by atoms with Crippen LogP contribution in [0.2, 0.25) is 0 Å². The van der Waals surface area contributed by atoms with Crippen LogP contribution in [0.5, 0.6) is 11.5 Å². The zero-order valence-electron chi connectivity index (χ0n) is 14.9. The number of carbonyl (C=O) groups is 1. The highest BCUT2D eigenvalue weighted by Gasteiger charge is 2.34. The number of amides is 1. The fraction of sp³-hybridized carbons (Fsp3) is 0.611. The van der Waals surface area contributed by atoms with E-state index in [0.717, 1.165) is 30.2 Å². The summed E-state index contributed by atoms with van der Waals surface area (Å²) in [6.07, 6.45) is -0.245. The summed E-state index contributed by atoms with van der Waals surface area (Å²) in [4.78, 5) is 16.5. The summed E-state index contributed by atoms with van der Waals surface area (Å²) in [6.45, 7) is 9.15. The van der Waals surface area contributed by atoms with Crippen LogP contribution in [-0.2, 0) is 11.3 Å². The van der Waals surface area contributed by atoms with Crippen LogP contribution in [-0.4, -0.2) is 60.9 Å². The van der Waals surface area contributed by atoms with Crippen LogP contribution in [0.15, 0.2) is 18.2 Å². The molecule has 2 aliphatic rings. The average molecular weight is 334 g/mol. The van der Waals surface area contributed by atoms with Gasteiger partial charge in [0.25, 0.3) is 0 Å². The molecular formula is C18H26N2O4. The monoisotopic (exact) mass is 334 g/mol. The molecule has 0 N–H and O–H groups in total. The summed E-state index contributed by atoms with van der Waals surface area (Å²) in [5.41, 5.74) is 0.656. The van der Waals surface area contributed by atoms with Gasteiger partial charge >= 0.3 is 6.09 Å². The fourth-order valence-corrected chi connectivity index (χ4v) is 3.10. The first-order valence-electron chi connectivity index (χ1n) is 8.37. The predicted molar refractivity (Wildman–Crippen MR) is 90.5 cm³/mol. The van der Waals surface area contributed by atoms with Gasteiger partial charge in [-0.15, -0.1) is 0 Å². The Morgan fingerprint density at radius 2 is 2.08 bits per heavy atom. The molecule has 1 unspecified atom stereocenters. The molecule has 6 nitrogen and oxygen atoms in total. The van der Waals surface area contributed by atoms with E-state index in [-0.39, 0.29) is 12.1 Å². The molecule has 1 amide bonds. The Hall–Kier alpha value is -1.95. The van der Waals surface area contributed by atoms with Crippen LogP contribution < -0.4 is 9.47 Å². The Bertz CT molecular complexity index is 612. The number of hydrogen-bond donors (Lipinski definition) is 0. The molecule has 24 heavy (non-hydrogen) atoms. The largest absolute Gasteiger partial charge is 0.497 e. The summed E-state index contributed by atoms with van der Waals surface area (Å²) in [7, 11) is 1.67. The zero-order chi connectivity index (χ0) is 17.3. The molecule has 0 spiro atoms. The number of benzene rings is 1. The van der Waals surface area contributed by atoms with Gasteiger partial charge in [0.2, 0.25) is 0 Å². The highest BCUT2D eigenvalue weighted by atomic mass is 16.6. The van der Waals surface area contributed by atoms with Crippen molar-refractivity contribution < 1.29 is 19.0 Å². The molecule has 1 aromatic carbocycles. The van der Waals surface area contributed by atoms with Crippen molar-refractivity contribution >= 4 is 6.09 Å². The summed E-state index contributed by atoms with van der Waals surface area (Å²) in [5.74, 6) is 1.73. The topological polar surface area (TPSA) is 51.2 Å². The van der Waals surface area contributed by atoms with E-state index in [4.69, 9.17) is 14.2 Å². The SMILES string of the molecule is COc1ccc2c(c1)CN1CCN(C(=O)OC(C)(C)C)CC1CO2. The lowest BCUT2D eigenvalue weighted by Crippen LogP contribution is -2.56. The summed E-state index contributed by atoms with van der Waals surface area (Å²) in [6, 6.07) is 6.07. The maximum absolute atomic E-state index is 12.3. The number of ether oxygens (including phenoxy) is 3. The molecular weight excluding hydrogens is 308 g/mol. The lowest BCUT2D eigenvalue weighted by atomic mass is 10.1. The Balaban J connectivity index is 1.68. The van der Waals surface area contributed by atoms with Crippen LogP contribution >= 0.6 is 0 Å². The molecule has 3 rings (SSSR count). The number of hydrogen-bond acceptors (Lipinski definition) is 5. The third kappa shape index (κ3) is 3.75. The number of rotatable bonds is 1. The van der Waals surface area contributed by atoms with Gasteiger partial charge in [-0.3, -0.25) is 4.90 Å². The fourth-order valence-electron chi connectivity index (χ4n) is 3.10. The van der Waals surface area contributed by atoms with Gasteiger partial charge in [0.1, 0.15) is 23.7 Å². The standard InChI is InChI=1S/C18H26N2O4/c1-18(2,3)24-17(21)20-8-7-19-10-13-9-15(22-4)5-6-16(13)23-12-14(19)11-20/h5-6,9,14H,7-8,10-12H2,1-4H3. The van der Waals surface area contributed by atoms with Crippen molar-refractivity contribution in [2.24, 2.45) is 0 Å².